The van der Waals surface area contributed by atoms with E-state index in [1.54, 1.807) is 0 Å². The molecule has 0 amide bonds. The maximum absolute atomic E-state index is 7.64. The second-order valence-corrected chi connectivity index (χ2v) is 19.1. The summed E-state index contributed by atoms with van der Waals surface area (Å²) in [6.45, 7) is 0. The van der Waals surface area contributed by atoms with Crippen LogP contribution in [0.3, 0.4) is 0 Å². The summed E-state index contributed by atoms with van der Waals surface area (Å²) in [7, 11) is 15.0. The van der Waals surface area contributed by atoms with Crippen LogP contribution in [-0.2, 0) is 13.0 Å². The van der Waals surface area contributed by atoms with E-state index in [0.29, 0.717) is 5.71 Å². The molecule has 0 unspecified atom stereocenters. The molecule has 1 aliphatic carbocycles. The fourth-order valence-electron chi connectivity index (χ4n) is 2.39. The van der Waals surface area contributed by atoms with E-state index in [2.05, 4.69) is 12.1 Å². The topological polar surface area (TPSA) is 49.9 Å². The van der Waals surface area contributed by atoms with Gasteiger partial charge in [0, 0.05) is 5.69 Å². The molecule has 0 radical (unpaired) electrons. The van der Waals surface area contributed by atoms with Gasteiger partial charge in [0.15, 0.2) is 0 Å². The van der Waals surface area contributed by atoms with Crippen molar-refractivity contribution < 1.29 is 13.0 Å². The molecule has 3 N–H and O–H groups in total. The Balaban J connectivity index is 0.000000511. The first kappa shape index (κ1) is 19.9. The molecule has 2 aromatic carbocycles. The van der Waals surface area contributed by atoms with Crippen LogP contribution in [-0.4, -0.2) is 5.71 Å². The third kappa shape index (κ3) is 6.45. The van der Waals surface area contributed by atoms with Gasteiger partial charge in [-0.1, -0.05) is 54.6 Å². The Morgan fingerprint density at radius 3 is 1.76 bits per heavy atom. The van der Waals surface area contributed by atoms with Crippen molar-refractivity contribution >= 4 is 46.0 Å². The van der Waals surface area contributed by atoms with Crippen molar-refractivity contribution in [2.75, 3.05) is 5.73 Å². The van der Waals surface area contributed by atoms with E-state index in [4.69, 9.17) is 40.2 Å². The molecule has 2 nitrogen and oxygen atoms in total. The molecular weight excluding hydrogens is 428 g/mol. The van der Waals surface area contributed by atoms with Gasteiger partial charge >= 0.3 is 42.1 Å². The monoisotopic (exact) mass is 441 g/mol. The predicted octanol–water partition coefficient (Wildman–Crippen LogP) is 6.28. The molecule has 0 aliphatic heterocycles. The standard InChI is InChI=1S/C19H16N2.3ClH.Zn/c20-17-10-6-15(7-11-17)19(14-4-2-1-3-5-14)16-8-12-18(21)13-9-16;;;;/h1-13,20H,21H2;3*1H;/q;;;;+2/p-3. The second kappa shape index (κ2) is 9.94. The van der Waals surface area contributed by atoms with Crippen LogP contribution in [0.25, 0.3) is 5.57 Å². The molecule has 0 heterocycles. The molecule has 0 aromatic heterocycles. The molecule has 25 heavy (non-hydrogen) atoms. The van der Waals surface area contributed by atoms with Gasteiger partial charge in [-0.25, -0.2) is 0 Å². The third-order valence-corrected chi connectivity index (χ3v) is 3.44. The molecular formula is C19H16Cl3N2Zn-. The van der Waals surface area contributed by atoms with Crippen LogP contribution in [0.4, 0.5) is 5.69 Å². The van der Waals surface area contributed by atoms with E-state index in [-0.39, 0.29) is 0 Å². The molecule has 3 rings (SSSR count). The van der Waals surface area contributed by atoms with Gasteiger partial charge in [0.05, 0.1) is 5.71 Å². The van der Waals surface area contributed by atoms with Crippen molar-refractivity contribution in [2.45, 2.75) is 0 Å². The van der Waals surface area contributed by atoms with Crippen LogP contribution in [0.15, 0.2) is 84.5 Å². The Kier molecular flexibility index (Phi) is 7.93. The average Bonchev–Trinajstić information content (AvgIpc) is 2.59. The summed E-state index contributed by atoms with van der Waals surface area (Å²) in [4.78, 5) is 0. The second-order valence-electron chi connectivity index (χ2n) is 5.24. The number of nitrogens with two attached hydrogens (primary N) is 1. The van der Waals surface area contributed by atoms with Crippen LogP contribution in [0.1, 0.15) is 11.1 Å². The van der Waals surface area contributed by atoms with Crippen molar-refractivity contribution in [3.8, 4) is 0 Å². The van der Waals surface area contributed by atoms with Gasteiger partial charge in [-0.05, 0) is 46.6 Å². The van der Waals surface area contributed by atoms with E-state index in [1.807, 2.05) is 66.8 Å². The van der Waals surface area contributed by atoms with Crippen LogP contribution in [0, 0.1) is 5.41 Å². The quantitative estimate of drug-likeness (QED) is 0.416. The number of rotatable bonds is 2. The summed E-state index contributed by atoms with van der Waals surface area (Å²) in [5.74, 6) is 0. The first-order chi connectivity index (χ1) is 12.0. The number of hydrogen-bond acceptors (Lipinski definition) is 2. The summed E-state index contributed by atoms with van der Waals surface area (Å²) in [6.07, 6.45) is 7.60. The van der Waals surface area contributed by atoms with Gasteiger partial charge in [0.25, 0.3) is 0 Å². The van der Waals surface area contributed by atoms with E-state index in [1.165, 1.54) is 0 Å². The normalized spacial score (nSPS) is 12.4. The van der Waals surface area contributed by atoms with Crippen molar-refractivity contribution in [1.82, 2.24) is 0 Å². The summed E-state index contributed by atoms with van der Waals surface area (Å²) in [5.41, 5.74) is 11.6. The first-order valence-electron chi connectivity index (χ1n) is 7.64. The number of benzene rings is 2. The zero-order valence-corrected chi connectivity index (χ0v) is 18.7. The number of anilines is 1. The zero-order valence-electron chi connectivity index (χ0n) is 13.4. The van der Waals surface area contributed by atoms with E-state index in [0.717, 1.165) is 28.0 Å². The van der Waals surface area contributed by atoms with Gasteiger partial charge in [0.1, 0.15) is 0 Å². The van der Waals surface area contributed by atoms with Crippen molar-refractivity contribution in [3.05, 3.63) is 95.6 Å². The van der Waals surface area contributed by atoms with Crippen LogP contribution in [0.5, 0.6) is 0 Å². The fourth-order valence-corrected chi connectivity index (χ4v) is 2.39. The summed E-state index contributed by atoms with van der Waals surface area (Å²) >= 11 is -2.21. The van der Waals surface area contributed by atoms with Crippen LogP contribution in [0.2, 0.25) is 0 Å². The van der Waals surface area contributed by atoms with Gasteiger partial charge < -0.3 is 11.1 Å². The Morgan fingerprint density at radius 2 is 1.24 bits per heavy atom. The number of nitrogen functional groups attached to an aromatic ring is 1. The van der Waals surface area contributed by atoms with Crippen molar-refractivity contribution in [2.24, 2.45) is 0 Å². The van der Waals surface area contributed by atoms with Gasteiger partial charge in [-0.15, -0.1) is 0 Å². The minimum absolute atomic E-state index is 0.517. The third-order valence-electron chi connectivity index (χ3n) is 3.44. The Labute approximate surface area is 165 Å². The van der Waals surface area contributed by atoms with Gasteiger partial charge in [0.2, 0.25) is 0 Å². The van der Waals surface area contributed by atoms with E-state index >= 15 is 0 Å². The van der Waals surface area contributed by atoms with Crippen LogP contribution >= 0.6 is 29.1 Å². The Morgan fingerprint density at radius 1 is 0.760 bits per heavy atom. The van der Waals surface area contributed by atoms with Crippen molar-refractivity contribution in [1.29, 1.82) is 5.41 Å². The number of hydrogen-bond donors (Lipinski definition) is 2. The Bertz CT molecular complexity index is 790. The van der Waals surface area contributed by atoms with Crippen molar-refractivity contribution in [3.63, 3.8) is 0 Å². The molecule has 0 saturated heterocycles. The molecule has 2 aromatic rings. The van der Waals surface area contributed by atoms with E-state index in [9.17, 15) is 0 Å². The number of nitrogens with one attached hydrogen (secondary N) is 1. The molecule has 0 fully saturated rings. The summed E-state index contributed by atoms with van der Waals surface area (Å²) in [6, 6.07) is 18.2. The molecule has 6 heteroatoms. The molecule has 126 valence electrons. The minimum atomic E-state index is -2.21. The van der Waals surface area contributed by atoms with Gasteiger partial charge in [-0.2, -0.15) is 0 Å². The maximum atomic E-state index is 7.64. The van der Waals surface area contributed by atoms with Crippen LogP contribution < -0.4 is 5.73 Å². The SMILES string of the molecule is N=C1C=CC(=C(c2ccccc2)c2ccc(N)cc2)C=C1.[Cl][Zn-]([Cl])[Cl]. The molecule has 0 spiro atoms. The first-order valence-corrected chi connectivity index (χ1v) is 19.3. The molecule has 0 atom stereocenters. The predicted molar refractivity (Wildman–Crippen MR) is 107 cm³/mol. The average molecular weight is 444 g/mol. The summed E-state index contributed by atoms with van der Waals surface area (Å²) in [5, 5.41) is 7.64. The summed E-state index contributed by atoms with van der Waals surface area (Å²) < 4.78 is 0. The zero-order chi connectivity index (χ0) is 18.2. The fraction of sp³-hybridized carbons (Fsp3) is 0. The molecule has 0 bridgehead atoms. The number of allylic oxidation sites excluding steroid dienone is 5. The van der Waals surface area contributed by atoms with Gasteiger partial charge in [-0.3, -0.25) is 0 Å². The van der Waals surface area contributed by atoms with E-state index < -0.39 is 13.0 Å². The molecule has 0 saturated carbocycles. The molecule has 1 aliphatic rings. The Hall–Kier alpha value is -1.38. The number of halogens is 3.